The van der Waals surface area contributed by atoms with Gasteiger partial charge in [-0.15, -0.1) is 12.4 Å². The van der Waals surface area contributed by atoms with Crippen molar-refractivity contribution < 1.29 is 9.72 Å². The Bertz CT molecular complexity index is 924. The summed E-state index contributed by atoms with van der Waals surface area (Å²) in [4.78, 5) is 37.4. The van der Waals surface area contributed by atoms with Crippen LogP contribution in [0.2, 0.25) is 0 Å². The molecule has 0 bridgehead atoms. The molecule has 2 heterocycles. The van der Waals surface area contributed by atoms with Crippen LogP contribution in [0.4, 0.5) is 5.69 Å². The Hall–Kier alpha value is -2.78. The van der Waals surface area contributed by atoms with E-state index >= 15 is 0 Å². The van der Waals surface area contributed by atoms with Gasteiger partial charge in [0, 0.05) is 37.5 Å². The molecule has 27 heavy (non-hydrogen) atoms. The third-order valence-electron chi connectivity index (χ3n) is 4.52. The highest BCUT2D eigenvalue weighted by Gasteiger charge is 2.27. The van der Waals surface area contributed by atoms with Crippen LogP contribution in [-0.4, -0.2) is 51.7 Å². The van der Waals surface area contributed by atoms with Crippen molar-refractivity contribution in [1.29, 1.82) is 0 Å². The minimum Gasteiger partial charge on any atom is -0.336 e. The van der Waals surface area contributed by atoms with Gasteiger partial charge >= 0.3 is 0 Å². The molecular weight excluding hydrogens is 374 g/mol. The third kappa shape index (κ3) is 3.99. The van der Waals surface area contributed by atoms with Gasteiger partial charge in [-0.3, -0.25) is 19.7 Å². The van der Waals surface area contributed by atoms with Gasteiger partial charge in [-0.05, 0) is 26.0 Å². The topological polar surface area (TPSA) is 110 Å². The average Bonchev–Trinajstić information content (AvgIpc) is 3.15. The van der Waals surface area contributed by atoms with Crippen LogP contribution >= 0.6 is 12.4 Å². The van der Waals surface area contributed by atoms with Gasteiger partial charge in [-0.25, -0.2) is 4.68 Å². The molecule has 1 aromatic heterocycles. The smallest absolute Gasteiger partial charge is 0.294 e. The number of aromatic nitrogens is 2. The lowest BCUT2D eigenvalue weighted by molar-refractivity contribution is -0.384. The van der Waals surface area contributed by atoms with E-state index in [1.54, 1.807) is 26.1 Å². The van der Waals surface area contributed by atoms with Crippen LogP contribution in [0.1, 0.15) is 22.6 Å². The Morgan fingerprint density at radius 3 is 2.74 bits per heavy atom. The summed E-state index contributed by atoms with van der Waals surface area (Å²) in [6.07, 6.45) is 0.798. The standard InChI is InChI=1S/C17H19N5O4.ClH/c1-11-9-15(23)16(17(24)20(2)12-7-8-18-10-12)19-21(11)13-5-3-4-6-14(13)22(25)26;/h3-6,9,12,18H,7-8,10H2,1-2H3;1H. The lowest BCUT2D eigenvalue weighted by Gasteiger charge is -2.23. The van der Waals surface area contributed by atoms with Gasteiger partial charge in [-0.2, -0.15) is 5.10 Å². The summed E-state index contributed by atoms with van der Waals surface area (Å²) in [6.45, 7) is 3.08. The van der Waals surface area contributed by atoms with Crippen molar-refractivity contribution in [3.63, 3.8) is 0 Å². The van der Waals surface area contributed by atoms with Crippen LogP contribution in [0.3, 0.4) is 0 Å². The quantitative estimate of drug-likeness (QED) is 0.619. The Morgan fingerprint density at radius 2 is 2.11 bits per heavy atom. The van der Waals surface area contributed by atoms with Crippen molar-refractivity contribution in [2.24, 2.45) is 0 Å². The molecule has 1 aliphatic rings. The number of rotatable bonds is 4. The second-order valence-electron chi connectivity index (χ2n) is 6.22. The highest BCUT2D eigenvalue weighted by Crippen LogP contribution is 2.22. The summed E-state index contributed by atoms with van der Waals surface area (Å²) in [7, 11) is 1.64. The number of carbonyl (C=O) groups is 1. The highest BCUT2D eigenvalue weighted by atomic mass is 35.5. The van der Waals surface area contributed by atoms with Crippen molar-refractivity contribution in [2.45, 2.75) is 19.4 Å². The molecule has 2 aromatic rings. The molecule has 1 saturated heterocycles. The minimum absolute atomic E-state index is 0. The van der Waals surface area contributed by atoms with Gasteiger partial charge in [0.05, 0.1) is 4.92 Å². The first-order chi connectivity index (χ1) is 12.4. The van der Waals surface area contributed by atoms with E-state index < -0.39 is 16.3 Å². The maximum atomic E-state index is 12.8. The Morgan fingerprint density at radius 1 is 1.41 bits per heavy atom. The molecule has 0 aliphatic carbocycles. The summed E-state index contributed by atoms with van der Waals surface area (Å²) in [6, 6.07) is 7.33. The van der Waals surface area contributed by atoms with Gasteiger partial charge in [0.25, 0.3) is 11.6 Å². The predicted octanol–water partition coefficient (Wildman–Crippen LogP) is 1.30. The normalized spacial score (nSPS) is 15.9. The van der Waals surface area contributed by atoms with Crippen LogP contribution in [0.25, 0.3) is 5.69 Å². The molecule has 1 fully saturated rings. The number of nitrogens with zero attached hydrogens (tertiary/aromatic N) is 4. The molecule has 9 nitrogen and oxygen atoms in total. The van der Waals surface area contributed by atoms with E-state index in [2.05, 4.69) is 10.4 Å². The summed E-state index contributed by atoms with van der Waals surface area (Å²) in [5.41, 5.74) is -0.290. The molecule has 1 unspecified atom stereocenters. The van der Waals surface area contributed by atoms with E-state index in [-0.39, 0.29) is 35.5 Å². The fraction of sp³-hybridized carbons (Fsp3) is 0.353. The van der Waals surface area contributed by atoms with Crippen LogP contribution in [-0.2, 0) is 0 Å². The van der Waals surface area contributed by atoms with Gasteiger partial charge in [0.15, 0.2) is 5.69 Å². The number of carbonyl (C=O) groups excluding carboxylic acids is 1. The van der Waals surface area contributed by atoms with E-state index in [0.29, 0.717) is 12.2 Å². The van der Waals surface area contributed by atoms with E-state index in [0.717, 1.165) is 13.0 Å². The van der Waals surface area contributed by atoms with Crippen molar-refractivity contribution in [3.05, 3.63) is 62.1 Å². The van der Waals surface area contributed by atoms with Gasteiger partial charge in [-0.1, -0.05) is 12.1 Å². The number of nitro benzene ring substituents is 1. The molecule has 3 rings (SSSR count). The lowest BCUT2D eigenvalue weighted by atomic mass is 10.2. The molecule has 144 valence electrons. The highest BCUT2D eigenvalue weighted by molar-refractivity contribution is 5.92. The Balaban J connectivity index is 0.00000261. The molecule has 0 saturated carbocycles. The number of likely N-dealkylation sites (N-methyl/N-ethyl adjacent to an activating group) is 1. The van der Waals surface area contributed by atoms with Crippen molar-refractivity contribution >= 4 is 24.0 Å². The van der Waals surface area contributed by atoms with Crippen molar-refractivity contribution in [3.8, 4) is 5.69 Å². The maximum Gasteiger partial charge on any atom is 0.294 e. The largest absolute Gasteiger partial charge is 0.336 e. The summed E-state index contributed by atoms with van der Waals surface area (Å²) in [5, 5.41) is 18.6. The maximum absolute atomic E-state index is 12.8. The van der Waals surface area contributed by atoms with Crippen molar-refractivity contribution in [2.75, 3.05) is 20.1 Å². The number of hydrogen-bond donors (Lipinski definition) is 1. The first-order valence-corrected chi connectivity index (χ1v) is 8.23. The van der Waals surface area contributed by atoms with E-state index in [1.165, 1.54) is 27.8 Å². The Labute approximate surface area is 161 Å². The first-order valence-electron chi connectivity index (χ1n) is 8.23. The molecule has 0 spiro atoms. The number of benzene rings is 1. The minimum atomic E-state index is -0.521. The molecule has 1 aromatic carbocycles. The SMILES string of the molecule is Cc1cc(=O)c(C(=O)N(C)C2CCNC2)nn1-c1ccccc1[N+](=O)[O-].Cl. The van der Waals surface area contributed by atoms with E-state index in [1.807, 2.05) is 0 Å². The van der Waals surface area contributed by atoms with Gasteiger partial charge < -0.3 is 10.2 Å². The van der Waals surface area contributed by atoms with Gasteiger partial charge in [0.1, 0.15) is 5.69 Å². The van der Waals surface area contributed by atoms with Crippen LogP contribution in [0, 0.1) is 17.0 Å². The zero-order valence-corrected chi connectivity index (χ0v) is 15.7. The molecule has 1 aliphatic heterocycles. The number of aryl methyl sites for hydroxylation is 1. The van der Waals surface area contributed by atoms with E-state index in [9.17, 15) is 19.7 Å². The summed E-state index contributed by atoms with van der Waals surface area (Å²) in [5.74, 6) is -0.490. The average molecular weight is 394 g/mol. The lowest BCUT2D eigenvalue weighted by Crippen LogP contribution is -2.41. The molecule has 1 amide bonds. The second-order valence-corrected chi connectivity index (χ2v) is 6.22. The number of para-hydroxylation sites is 2. The summed E-state index contributed by atoms with van der Waals surface area (Å²) >= 11 is 0. The Kier molecular flexibility index (Phi) is 6.29. The molecular formula is C17H20ClN5O4. The zero-order valence-electron chi connectivity index (χ0n) is 14.9. The number of amides is 1. The second kappa shape index (κ2) is 8.28. The first kappa shape index (κ1) is 20.5. The zero-order chi connectivity index (χ0) is 18.8. The molecule has 1 N–H and O–H groups in total. The van der Waals surface area contributed by atoms with Crippen molar-refractivity contribution in [1.82, 2.24) is 20.0 Å². The van der Waals surface area contributed by atoms with Crippen LogP contribution in [0.5, 0.6) is 0 Å². The molecule has 10 heteroatoms. The number of nitro groups is 1. The van der Waals surface area contributed by atoms with Crippen LogP contribution in [0.15, 0.2) is 35.1 Å². The molecule has 0 radical (unpaired) electrons. The van der Waals surface area contributed by atoms with Gasteiger partial charge in [0.2, 0.25) is 5.43 Å². The predicted molar refractivity (Wildman–Crippen MR) is 102 cm³/mol. The third-order valence-corrected chi connectivity index (χ3v) is 4.52. The molecule has 1 atom stereocenters. The fourth-order valence-corrected chi connectivity index (χ4v) is 3.04. The van der Waals surface area contributed by atoms with E-state index in [4.69, 9.17) is 0 Å². The number of nitrogens with one attached hydrogen (secondary N) is 1. The monoisotopic (exact) mass is 393 g/mol. The van der Waals surface area contributed by atoms with Crippen LogP contribution < -0.4 is 10.7 Å². The summed E-state index contributed by atoms with van der Waals surface area (Å²) < 4.78 is 1.27. The number of halogens is 1. The number of hydrogen-bond acceptors (Lipinski definition) is 6. The fourth-order valence-electron chi connectivity index (χ4n) is 3.04.